The molecule has 2 rings (SSSR count). The van der Waals surface area contributed by atoms with E-state index in [-0.39, 0.29) is 6.23 Å². The lowest BCUT2D eigenvalue weighted by molar-refractivity contribution is 0.00186. The fourth-order valence-electron chi connectivity index (χ4n) is 1.79. The lowest BCUT2D eigenvalue weighted by Crippen LogP contribution is -2.39. The Hall–Kier alpha value is -0.860. The Kier molecular flexibility index (Phi) is 3.17. The fourth-order valence-corrected chi connectivity index (χ4v) is 1.79. The maximum absolute atomic E-state index is 5.63. The molecule has 1 aliphatic rings. The second kappa shape index (κ2) is 4.58. The highest BCUT2D eigenvalue weighted by Gasteiger charge is 2.13. The van der Waals surface area contributed by atoms with Crippen LogP contribution in [0.15, 0.2) is 24.3 Å². The Labute approximate surface area is 85.3 Å². The zero-order chi connectivity index (χ0) is 9.80. The molecular weight excluding hydrogens is 174 g/mol. The van der Waals surface area contributed by atoms with E-state index in [1.165, 1.54) is 11.1 Å². The van der Waals surface area contributed by atoms with Crippen molar-refractivity contribution in [1.29, 1.82) is 0 Å². The molecule has 1 N–H and O–H groups in total. The molecule has 0 amide bonds. The van der Waals surface area contributed by atoms with Gasteiger partial charge in [-0.3, -0.25) is 5.32 Å². The average molecular weight is 191 g/mol. The van der Waals surface area contributed by atoms with Crippen LogP contribution in [0.25, 0.3) is 0 Å². The molecule has 1 aliphatic heterocycles. The van der Waals surface area contributed by atoms with Crippen LogP contribution in [0.3, 0.4) is 0 Å². The topological polar surface area (TPSA) is 21.3 Å². The van der Waals surface area contributed by atoms with E-state index in [0.29, 0.717) is 0 Å². The molecule has 1 heterocycles. The molecule has 14 heavy (non-hydrogen) atoms. The minimum absolute atomic E-state index is 0.213. The molecular formula is C12H17NO. The molecule has 0 saturated carbocycles. The standard InChI is InChI=1S/C12H17NO/c1-10-5-2-3-6-11(10)9-12-13-7-4-8-14-12/h2-3,5-6,12-13H,4,7-9H2,1H3. The van der Waals surface area contributed by atoms with Crippen LogP contribution in [0.1, 0.15) is 17.5 Å². The number of benzene rings is 1. The van der Waals surface area contributed by atoms with Gasteiger partial charge in [0.15, 0.2) is 0 Å². The van der Waals surface area contributed by atoms with E-state index in [1.807, 2.05) is 0 Å². The van der Waals surface area contributed by atoms with Gasteiger partial charge in [-0.2, -0.15) is 0 Å². The predicted molar refractivity (Wildman–Crippen MR) is 57.2 cm³/mol. The monoisotopic (exact) mass is 191 g/mol. The average Bonchev–Trinajstić information content (AvgIpc) is 2.23. The van der Waals surface area contributed by atoms with E-state index in [0.717, 1.165) is 26.0 Å². The Bertz CT molecular complexity index is 292. The third kappa shape index (κ3) is 2.34. The van der Waals surface area contributed by atoms with Gasteiger partial charge in [0.2, 0.25) is 0 Å². The molecule has 1 aromatic carbocycles. The Morgan fingerprint density at radius 2 is 2.29 bits per heavy atom. The van der Waals surface area contributed by atoms with E-state index in [9.17, 15) is 0 Å². The summed E-state index contributed by atoms with van der Waals surface area (Å²) >= 11 is 0. The van der Waals surface area contributed by atoms with Crippen molar-refractivity contribution in [2.24, 2.45) is 0 Å². The Morgan fingerprint density at radius 1 is 1.43 bits per heavy atom. The molecule has 0 aromatic heterocycles. The van der Waals surface area contributed by atoms with Gasteiger partial charge in [0.1, 0.15) is 6.23 Å². The first-order valence-electron chi connectivity index (χ1n) is 5.26. The van der Waals surface area contributed by atoms with Gasteiger partial charge in [0, 0.05) is 13.0 Å². The molecule has 0 spiro atoms. The number of aryl methyl sites for hydroxylation is 1. The quantitative estimate of drug-likeness (QED) is 0.770. The third-order valence-electron chi connectivity index (χ3n) is 2.68. The number of hydrogen-bond acceptors (Lipinski definition) is 2. The molecule has 0 radical (unpaired) electrons. The molecule has 1 saturated heterocycles. The number of nitrogens with one attached hydrogen (secondary N) is 1. The highest BCUT2D eigenvalue weighted by Crippen LogP contribution is 2.11. The Balaban J connectivity index is 1.99. The van der Waals surface area contributed by atoms with Crippen molar-refractivity contribution in [3.8, 4) is 0 Å². The van der Waals surface area contributed by atoms with Gasteiger partial charge in [0.25, 0.3) is 0 Å². The number of rotatable bonds is 2. The van der Waals surface area contributed by atoms with Crippen LogP contribution >= 0.6 is 0 Å². The van der Waals surface area contributed by atoms with Crippen LogP contribution in [0.4, 0.5) is 0 Å². The summed E-state index contributed by atoms with van der Waals surface area (Å²) in [4.78, 5) is 0. The zero-order valence-corrected chi connectivity index (χ0v) is 8.62. The SMILES string of the molecule is Cc1ccccc1CC1NCCCO1. The van der Waals surface area contributed by atoms with Gasteiger partial charge >= 0.3 is 0 Å². The van der Waals surface area contributed by atoms with Gasteiger partial charge in [-0.05, 0) is 31.0 Å². The van der Waals surface area contributed by atoms with Crippen LogP contribution in [-0.4, -0.2) is 19.4 Å². The summed E-state index contributed by atoms with van der Waals surface area (Å²) in [5, 5.41) is 3.37. The van der Waals surface area contributed by atoms with Gasteiger partial charge in [-0.15, -0.1) is 0 Å². The molecule has 0 bridgehead atoms. The maximum atomic E-state index is 5.63. The number of ether oxygens (including phenoxy) is 1. The largest absolute Gasteiger partial charge is 0.363 e. The van der Waals surface area contributed by atoms with Crippen molar-refractivity contribution >= 4 is 0 Å². The molecule has 76 valence electrons. The molecule has 1 aromatic rings. The zero-order valence-electron chi connectivity index (χ0n) is 8.62. The Morgan fingerprint density at radius 3 is 3.00 bits per heavy atom. The second-order valence-corrected chi connectivity index (χ2v) is 3.80. The van der Waals surface area contributed by atoms with Gasteiger partial charge in [0.05, 0.1) is 0 Å². The van der Waals surface area contributed by atoms with Crippen molar-refractivity contribution in [3.63, 3.8) is 0 Å². The predicted octanol–water partition coefficient (Wildman–Crippen LogP) is 1.87. The molecule has 1 fully saturated rings. The first kappa shape index (κ1) is 9.69. The minimum atomic E-state index is 0.213. The van der Waals surface area contributed by atoms with Crippen molar-refractivity contribution in [3.05, 3.63) is 35.4 Å². The van der Waals surface area contributed by atoms with E-state index in [4.69, 9.17) is 4.74 Å². The van der Waals surface area contributed by atoms with Crippen LogP contribution in [0.2, 0.25) is 0 Å². The summed E-state index contributed by atoms with van der Waals surface area (Å²) in [5.41, 5.74) is 2.73. The van der Waals surface area contributed by atoms with Gasteiger partial charge < -0.3 is 4.74 Å². The second-order valence-electron chi connectivity index (χ2n) is 3.80. The van der Waals surface area contributed by atoms with Crippen LogP contribution in [0, 0.1) is 6.92 Å². The van der Waals surface area contributed by atoms with Crippen molar-refractivity contribution in [2.45, 2.75) is 26.0 Å². The van der Waals surface area contributed by atoms with Crippen LogP contribution < -0.4 is 5.32 Å². The normalized spacial score (nSPS) is 22.2. The first-order chi connectivity index (χ1) is 6.86. The smallest absolute Gasteiger partial charge is 0.112 e. The third-order valence-corrected chi connectivity index (χ3v) is 2.68. The lowest BCUT2D eigenvalue weighted by atomic mass is 10.0. The summed E-state index contributed by atoms with van der Waals surface area (Å²) in [6.45, 7) is 4.12. The summed E-state index contributed by atoms with van der Waals surface area (Å²) in [7, 11) is 0. The first-order valence-corrected chi connectivity index (χ1v) is 5.26. The highest BCUT2D eigenvalue weighted by molar-refractivity contribution is 5.26. The van der Waals surface area contributed by atoms with E-state index in [1.54, 1.807) is 0 Å². The molecule has 2 heteroatoms. The summed E-state index contributed by atoms with van der Waals surface area (Å²) < 4.78 is 5.63. The van der Waals surface area contributed by atoms with E-state index >= 15 is 0 Å². The van der Waals surface area contributed by atoms with Crippen molar-refractivity contribution < 1.29 is 4.74 Å². The van der Waals surface area contributed by atoms with Gasteiger partial charge in [-0.25, -0.2) is 0 Å². The van der Waals surface area contributed by atoms with Crippen molar-refractivity contribution in [1.82, 2.24) is 5.32 Å². The van der Waals surface area contributed by atoms with Crippen LogP contribution in [0.5, 0.6) is 0 Å². The summed E-state index contributed by atoms with van der Waals surface area (Å²) in [6, 6.07) is 8.49. The van der Waals surface area contributed by atoms with Crippen molar-refractivity contribution in [2.75, 3.05) is 13.2 Å². The van der Waals surface area contributed by atoms with Gasteiger partial charge in [-0.1, -0.05) is 24.3 Å². The van der Waals surface area contributed by atoms with E-state index in [2.05, 4.69) is 36.5 Å². The maximum Gasteiger partial charge on any atom is 0.112 e. The molecule has 0 aliphatic carbocycles. The lowest BCUT2D eigenvalue weighted by Gasteiger charge is -2.24. The molecule has 1 unspecified atom stereocenters. The summed E-state index contributed by atoms with van der Waals surface area (Å²) in [5.74, 6) is 0. The molecule has 2 nitrogen and oxygen atoms in total. The highest BCUT2D eigenvalue weighted by atomic mass is 16.5. The van der Waals surface area contributed by atoms with Crippen LogP contribution in [-0.2, 0) is 11.2 Å². The van der Waals surface area contributed by atoms with E-state index < -0.39 is 0 Å². The number of hydrogen-bond donors (Lipinski definition) is 1. The minimum Gasteiger partial charge on any atom is -0.363 e. The summed E-state index contributed by atoms with van der Waals surface area (Å²) in [6.07, 6.45) is 2.32. The fraction of sp³-hybridized carbons (Fsp3) is 0.500. The molecule has 1 atom stereocenters.